The van der Waals surface area contributed by atoms with E-state index in [1.807, 2.05) is 6.07 Å². The van der Waals surface area contributed by atoms with E-state index in [2.05, 4.69) is 44.3 Å². The Hall–Kier alpha value is -1.38. The lowest BCUT2D eigenvalue weighted by Crippen LogP contribution is -2.23. The maximum absolute atomic E-state index is 13.7. The minimum absolute atomic E-state index is 0.0848. The molecule has 0 radical (unpaired) electrons. The normalized spacial score (nSPS) is 12.4. The summed E-state index contributed by atoms with van der Waals surface area (Å²) in [5, 5.41) is 3.61. The summed E-state index contributed by atoms with van der Waals surface area (Å²) in [6, 6.07) is 11.4. The van der Waals surface area contributed by atoms with Crippen molar-refractivity contribution in [2.45, 2.75) is 33.2 Å². The smallest absolute Gasteiger partial charge is 0.142 e. The molecule has 0 aliphatic heterocycles. The molecule has 0 saturated heterocycles. The first-order valence-corrected chi connectivity index (χ1v) is 7.64. The molecule has 1 atom stereocenters. The zero-order chi connectivity index (χ0) is 15.4. The number of hydrogen-bond acceptors (Lipinski definition) is 1. The Kier molecular flexibility index (Phi) is 5.38. The fraction of sp³-hybridized carbons (Fsp3) is 0.333. The molecule has 0 heterocycles. The summed E-state index contributed by atoms with van der Waals surface area (Å²) < 4.78 is 13.7. The van der Waals surface area contributed by atoms with Gasteiger partial charge in [-0.3, -0.25) is 0 Å². The first-order chi connectivity index (χ1) is 10.0. The Bertz CT molecular complexity index is 604. The largest absolute Gasteiger partial charge is 0.310 e. The summed E-state index contributed by atoms with van der Waals surface area (Å²) in [5.74, 6) is -0.362. The van der Waals surface area contributed by atoms with Crippen molar-refractivity contribution in [3.63, 3.8) is 0 Å². The van der Waals surface area contributed by atoms with Crippen LogP contribution in [-0.4, -0.2) is 6.54 Å². The van der Waals surface area contributed by atoms with E-state index in [1.54, 1.807) is 6.07 Å². The number of nitrogens with one attached hydrogen (secondary N) is 1. The van der Waals surface area contributed by atoms with Crippen LogP contribution in [0.1, 0.15) is 35.2 Å². The van der Waals surface area contributed by atoms with Crippen molar-refractivity contribution in [3.8, 4) is 0 Å². The molecule has 0 saturated carbocycles. The molecule has 0 aromatic heterocycles. The van der Waals surface area contributed by atoms with E-state index >= 15 is 0 Å². The highest BCUT2D eigenvalue weighted by atomic mass is 35.5. The second kappa shape index (κ2) is 7.06. The first kappa shape index (κ1) is 16.0. The molecule has 1 unspecified atom stereocenters. The summed E-state index contributed by atoms with van der Waals surface area (Å²) in [5.41, 5.74) is 4.79. The monoisotopic (exact) mass is 305 g/mol. The Balaban J connectivity index is 2.33. The van der Waals surface area contributed by atoms with Crippen LogP contribution in [0, 0.1) is 19.7 Å². The van der Waals surface area contributed by atoms with Gasteiger partial charge in [0, 0.05) is 6.04 Å². The van der Waals surface area contributed by atoms with Gasteiger partial charge in [0.2, 0.25) is 0 Å². The van der Waals surface area contributed by atoms with Crippen molar-refractivity contribution in [1.29, 1.82) is 0 Å². The Morgan fingerprint density at radius 2 is 1.81 bits per heavy atom. The zero-order valence-electron chi connectivity index (χ0n) is 12.7. The predicted octanol–water partition coefficient (Wildman–Crippen LogP) is 4.99. The lowest BCUT2D eigenvalue weighted by molar-refractivity contribution is 0.541. The number of aryl methyl sites for hydroxylation is 2. The Labute approximate surface area is 131 Å². The van der Waals surface area contributed by atoms with Crippen LogP contribution < -0.4 is 5.32 Å². The number of halogens is 2. The van der Waals surface area contributed by atoms with Gasteiger partial charge in [0.1, 0.15) is 5.82 Å². The van der Waals surface area contributed by atoms with Crippen molar-refractivity contribution < 1.29 is 4.39 Å². The average Bonchev–Trinajstić information content (AvgIpc) is 2.45. The van der Waals surface area contributed by atoms with E-state index < -0.39 is 0 Å². The second-order valence-electron chi connectivity index (χ2n) is 5.36. The fourth-order valence-corrected chi connectivity index (χ4v) is 2.78. The molecule has 112 valence electrons. The van der Waals surface area contributed by atoms with Crippen LogP contribution in [0.5, 0.6) is 0 Å². The Morgan fingerprint density at radius 1 is 1.14 bits per heavy atom. The van der Waals surface area contributed by atoms with E-state index in [1.165, 1.54) is 22.8 Å². The highest BCUT2D eigenvalue weighted by Crippen LogP contribution is 2.25. The maximum Gasteiger partial charge on any atom is 0.142 e. The van der Waals surface area contributed by atoms with Crippen LogP contribution in [0.3, 0.4) is 0 Å². The molecule has 0 amide bonds. The minimum Gasteiger partial charge on any atom is -0.310 e. The van der Waals surface area contributed by atoms with Crippen LogP contribution >= 0.6 is 11.6 Å². The molecule has 3 heteroatoms. The first-order valence-electron chi connectivity index (χ1n) is 7.26. The molecule has 1 N–H and O–H groups in total. The number of rotatable bonds is 5. The Morgan fingerprint density at radius 3 is 2.38 bits per heavy atom. The van der Waals surface area contributed by atoms with Gasteiger partial charge in [-0.2, -0.15) is 0 Å². The van der Waals surface area contributed by atoms with Crippen molar-refractivity contribution in [1.82, 2.24) is 5.32 Å². The number of benzene rings is 2. The van der Waals surface area contributed by atoms with Crippen molar-refractivity contribution in [3.05, 3.63) is 69.5 Å². The molecule has 2 aromatic carbocycles. The zero-order valence-corrected chi connectivity index (χ0v) is 13.5. The molecule has 21 heavy (non-hydrogen) atoms. The van der Waals surface area contributed by atoms with Gasteiger partial charge < -0.3 is 5.32 Å². The molecular weight excluding hydrogens is 285 g/mol. The predicted molar refractivity (Wildman–Crippen MR) is 87.4 cm³/mol. The quantitative estimate of drug-likeness (QED) is 0.820. The molecule has 0 bridgehead atoms. The lowest BCUT2D eigenvalue weighted by atomic mass is 9.93. The van der Waals surface area contributed by atoms with E-state index in [4.69, 9.17) is 11.6 Å². The van der Waals surface area contributed by atoms with E-state index in [-0.39, 0.29) is 16.9 Å². The molecule has 0 spiro atoms. The molecule has 2 aromatic rings. The van der Waals surface area contributed by atoms with Gasteiger partial charge >= 0.3 is 0 Å². The second-order valence-corrected chi connectivity index (χ2v) is 5.77. The van der Waals surface area contributed by atoms with Gasteiger partial charge in [0.15, 0.2) is 0 Å². The van der Waals surface area contributed by atoms with Crippen molar-refractivity contribution in [2.75, 3.05) is 6.54 Å². The third-order valence-corrected chi connectivity index (χ3v) is 4.16. The topological polar surface area (TPSA) is 12.0 Å². The van der Waals surface area contributed by atoms with Crippen LogP contribution in [0.15, 0.2) is 36.4 Å². The average molecular weight is 306 g/mol. The van der Waals surface area contributed by atoms with Gasteiger partial charge in [-0.05, 0) is 61.2 Å². The lowest BCUT2D eigenvalue weighted by Gasteiger charge is -2.21. The molecule has 0 fully saturated rings. The number of hydrogen-bond donors (Lipinski definition) is 1. The van der Waals surface area contributed by atoms with Gasteiger partial charge in [0.25, 0.3) is 0 Å². The van der Waals surface area contributed by atoms with E-state index in [0.717, 1.165) is 18.5 Å². The molecular formula is C18H21ClFN. The van der Waals surface area contributed by atoms with Crippen LogP contribution in [0.25, 0.3) is 0 Å². The van der Waals surface area contributed by atoms with Gasteiger partial charge in [0.05, 0.1) is 5.02 Å². The van der Waals surface area contributed by atoms with Gasteiger partial charge in [-0.15, -0.1) is 0 Å². The van der Waals surface area contributed by atoms with E-state index in [0.29, 0.717) is 0 Å². The summed E-state index contributed by atoms with van der Waals surface area (Å²) in [4.78, 5) is 0. The van der Waals surface area contributed by atoms with Crippen molar-refractivity contribution >= 4 is 11.6 Å². The van der Waals surface area contributed by atoms with Crippen LogP contribution in [0.2, 0.25) is 5.02 Å². The molecule has 0 aliphatic rings. The number of likely N-dealkylation sites (N-methyl/N-ethyl adjacent to an activating group) is 1. The summed E-state index contributed by atoms with van der Waals surface area (Å²) in [6.45, 7) is 7.13. The third kappa shape index (κ3) is 3.84. The third-order valence-electron chi connectivity index (χ3n) is 3.85. The van der Waals surface area contributed by atoms with Crippen molar-refractivity contribution in [2.24, 2.45) is 0 Å². The highest BCUT2D eigenvalue weighted by molar-refractivity contribution is 6.30. The van der Waals surface area contributed by atoms with E-state index in [9.17, 15) is 4.39 Å². The van der Waals surface area contributed by atoms with Crippen LogP contribution in [0.4, 0.5) is 4.39 Å². The highest BCUT2D eigenvalue weighted by Gasteiger charge is 2.15. The summed E-state index contributed by atoms with van der Waals surface area (Å²) >= 11 is 5.78. The molecule has 2 rings (SSSR count). The standard InChI is InChI=1S/C18H21ClFN/c1-4-21-18(14-8-9-16(19)17(20)10-14)11-15-12(2)6-5-7-13(15)3/h5-10,18,21H,4,11H2,1-3H3. The summed E-state index contributed by atoms with van der Waals surface area (Å²) in [6.07, 6.45) is 0.841. The van der Waals surface area contributed by atoms with Gasteiger partial charge in [-0.25, -0.2) is 4.39 Å². The van der Waals surface area contributed by atoms with Crippen LogP contribution in [-0.2, 0) is 6.42 Å². The minimum atomic E-state index is -0.362. The maximum atomic E-state index is 13.7. The fourth-order valence-electron chi connectivity index (χ4n) is 2.66. The SMILES string of the molecule is CCNC(Cc1c(C)cccc1C)c1ccc(Cl)c(F)c1. The molecule has 1 nitrogen and oxygen atoms in total. The summed E-state index contributed by atoms with van der Waals surface area (Å²) in [7, 11) is 0. The van der Waals surface area contributed by atoms with Gasteiger partial charge in [-0.1, -0.05) is 42.8 Å². The molecule has 0 aliphatic carbocycles.